The van der Waals surface area contributed by atoms with Gasteiger partial charge in [0, 0.05) is 23.2 Å². The summed E-state index contributed by atoms with van der Waals surface area (Å²) in [5.41, 5.74) is 2.80. The molecule has 0 radical (unpaired) electrons. The number of rotatable bonds is 6. The van der Waals surface area contributed by atoms with Crippen molar-refractivity contribution in [2.45, 2.75) is 17.6 Å². The van der Waals surface area contributed by atoms with Gasteiger partial charge in [0.15, 0.2) is 0 Å². The number of sulfonamides is 1. The molecule has 1 aliphatic rings. The van der Waals surface area contributed by atoms with E-state index in [1.165, 1.54) is 23.3 Å². The molecule has 0 atom stereocenters. The Balaban J connectivity index is 1.44. The molecule has 170 valence electrons. The number of pyridine rings is 1. The van der Waals surface area contributed by atoms with Gasteiger partial charge in [-0.2, -0.15) is 10.1 Å². The van der Waals surface area contributed by atoms with Crippen molar-refractivity contribution < 1.29 is 18.0 Å². The normalized spacial score (nSPS) is 13.6. The lowest BCUT2D eigenvalue weighted by Gasteiger charge is -2.12. The van der Waals surface area contributed by atoms with Crippen LogP contribution in [0.25, 0.3) is 0 Å². The minimum absolute atomic E-state index is 0.0416. The first-order valence-corrected chi connectivity index (χ1v) is 12.1. The predicted molar refractivity (Wildman–Crippen MR) is 127 cm³/mol. The summed E-state index contributed by atoms with van der Waals surface area (Å²) in [6, 6.07) is 12.7. The SMILES string of the molecule is CNc1cccc(C2=NN(c3ccc(NC(=O)NS(=O)(=O)c4ccc(C)s4)nc3)C(=O)C2)c1. The molecule has 0 aliphatic carbocycles. The van der Waals surface area contributed by atoms with E-state index < -0.39 is 16.1 Å². The highest BCUT2D eigenvalue weighted by molar-refractivity contribution is 7.92. The first-order valence-electron chi connectivity index (χ1n) is 9.80. The lowest BCUT2D eigenvalue weighted by atomic mass is 10.1. The van der Waals surface area contributed by atoms with Crippen molar-refractivity contribution >= 4 is 56.2 Å². The van der Waals surface area contributed by atoms with Crippen molar-refractivity contribution in [2.75, 3.05) is 22.7 Å². The van der Waals surface area contributed by atoms with E-state index in [0.29, 0.717) is 11.4 Å². The number of aryl methyl sites for hydroxylation is 1. The van der Waals surface area contributed by atoms with E-state index in [1.807, 2.05) is 36.0 Å². The van der Waals surface area contributed by atoms with Crippen LogP contribution < -0.4 is 20.4 Å². The monoisotopic (exact) mass is 484 g/mol. The van der Waals surface area contributed by atoms with Gasteiger partial charge in [0.05, 0.1) is 24.0 Å². The van der Waals surface area contributed by atoms with Gasteiger partial charge in [-0.15, -0.1) is 11.3 Å². The second kappa shape index (κ2) is 9.00. The predicted octanol–water partition coefficient (Wildman–Crippen LogP) is 3.14. The zero-order chi connectivity index (χ0) is 23.6. The Morgan fingerprint density at radius 3 is 2.64 bits per heavy atom. The molecule has 12 heteroatoms. The third-order valence-electron chi connectivity index (χ3n) is 4.70. The average Bonchev–Trinajstić information content (AvgIpc) is 3.40. The van der Waals surface area contributed by atoms with Crippen molar-refractivity contribution in [1.82, 2.24) is 9.71 Å². The van der Waals surface area contributed by atoms with Gasteiger partial charge < -0.3 is 5.32 Å². The number of nitrogens with one attached hydrogen (secondary N) is 3. The van der Waals surface area contributed by atoms with Gasteiger partial charge in [-0.05, 0) is 43.3 Å². The number of benzene rings is 1. The van der Waals surface area contributed by atoms with E-state index in [4.69, 9.17) is 0 Å². The van der Waals surface area contributed by atoms with Gasteiger partial charge in [-0.1, -0.05) is 12.1 Å². The Morgan fingerprint density at radius 2 is 1.97 bits per heavy atom. The molecule has 10 nitrogen and oxygen atoms in total. The molecule has 3 amide bonds. The largest absolute Gasteiger partial charge is 0.388 e. The van der Waals surface area contributed by atoms with E-state index in [1.54, 1.807) is 19.1 Å². The summed E-state index contributed by atoms with van der Waals surface area (Å²) in [7, 11) is -2.16. The molecular weight excluding hydrogens is 464 g/mol. The number of carbonyl (C=O) groups excluding carboxylic acids is 2. The molecule has 1 aromatic carbocycles. The molecule has 2 aromatic heterocycles. The molecule has 3 N–H and O–H groups in total. The Morgan fingerprint density at radius 1 is 1.15 bits per heavy atom. The summed E-state index contributed by atoms with van der Waals surface area (Å²) in [4.78, 5) is 29.5. The number of carbonyl (C=O) groups is 2. The van der Waals surface area contributed by atoms with Gasteiger partial charge >= 0.3 is 6.03 Å². The number of thiophene rings is 1. The van der Waals surface area contributed by atoms with Crippen LogP contribution in [0.1, 0.15) is 16.9 Å². The van der Waals surface area contributed by atoms with E-state index in [0.717, 1.165) is 27.5 Å². The zero-order valence-corrected chi connectivity index (χ0v) is 19.3. The molecule has 4 rings (SSSR count). The van der Waals surface area contributed by atoms with Crippen LogP contribution in [0.3, 0.4) is 0 Å². The number of hydrogen-bond donors (Lipinski definition) is 3. The van der Waals surface area contributed by atoms with Gasteiger partial charge in [-0.25, -0.2) is 22.9 Å². The maximum Gasteiger partial charge on any atom is 0.334 e. The van der Waals surface area contributed by atoms with Crippen molar-refractivity contribution in [3.8, 4) is 0 Å². The molecule has 0 spiro atoms. The lowest BCUT2D eigenvalue weighted by Crippen LogP contribution is -2.34. The van der Waals surface area contributed by atoms with Crippen LogP contribution in [-0.2, 0) is 14.8 Å². The minimum atomic E-state index is -3.97. The Bertz CT molecular complexity index is 1350. The Labute approximate surface area is 194 Å². The lowest BCUT2D eigenvalue weighted by molar-refractivity contribution is -0.116. The Hall–Kier alpha value is -3.77. The maximum atomic E-state index is 12.5. The maximum absolute atomic E-state index is 12.5. The number of hydrazone groups is 1. The van der Waals surface area contributed by atoms with Gasteiger partial charge in [0.25, 0.3) is 15.9 Å². The topological polar surface area (TPSA) is 133 Å². The van der Waals surface area contributed by atoms with E-state index in [9.17, 15) is 18.0 Å². The number of anilines is 3. The summed E-state index contributed by atoms with van der Waals surface area (Å²) in [6.45, 7) is 1.77. The van der Waals surface area contributed by atoms with E-state index >= 15 is 0 Å². The molecule has 3 heterocycles. The first kappa shape index (κ1) is 22.4. The summed E-state index contributed by atoms with van der Waals surface area (Å²) in [5, 5.41) is 11.1. The van der Waals surface area contributed by atoms with Crippen LogP contribution >= 0.6 is 11.3 Å². The van der Waals surface area contributed by atoms with Crippen molar-refractivity contribution in [1.29, 1.82) is 0 Å². The molecule has 3 aromatic rings. The first-order chi connectivity index (χ1) is 15.7. The zero-order valence-electron chi connectivity index (χ0n) is 17.7. The molecular formula is C21H20N6O4S2. The second-order valence-electron chi connectivity index (χ2n) is 7.09. The summed E-state index contributed by atoms with van der Waals surface area (Å²) in [6.07, 6.45) is 1.52. The quantitative estimate of drug-likeness (QED) is 0.492. The van der Waals surface area contributed by atoms with Crippen molar-refractivity contribution in [3.05, 3.63) is 65.2 Å². The molecule has 0 saturated carbocycles. The van der Waals surface area contributed by atoms with Gasteiger partial charge in [0.2, 0.25) is 0 Å². The van der Waals surface area contributed by atoms with E-state index in [2.05, 4.69) is 20.7 Å². The summed E-state index contributed by atoms with van der Waals surface area (Å²) >= 11 is 1.06. The number of nitrogens with zero attached hydrogens (tertiary/aromatic N) is 3. The molecule has 0 fully saturated rings. The van der Waals surface area contributed by atoms with Crippen molar-refractivity contribution in [3.63, 3.8) is 0 Å². The highest BCUT2D eigenvalue weighted by Crippen LogP contribution is 2.24. The molecule has 0 unspecified atom stereocenters. The number of urea groups is 1. The van der Waals surface area contributed by atoms with Gasteiger partial charge in [-0.3, -0.25) is 10.1 Å². The summed E-state index contributed by atoms with van der Waals surface area (Å²) < 4.78 is 26.5. The smallest absolute Gasteiger partial charge is 0.334 e. The molecule has 0 bridgehead atoms. The molecule has 33 heavy (non-hydrogen) atoms. The van der Waals surface area contributed by atoms with Crippen LogP contribution in [-0.4, -0.2) is 38.1 Å². The summed E-state index contributed by atoms with van der Waals surface area (Å²) in [5.74, 6) is -0.0937. The van der Waals surface area contributed by atoms with Crippen LogP contribution in [0.2, 0.25) is 0 Å². The number of aromatic nitrogens is 1. The fourth-order valence-corrected chi connectivity index (χ4v) is 5.29. The van der Waals surface area contributed by atoms with Crippen LogP contribution in [0.4, 0.5) is 22.0 Å². The average molecular weight is 485 g/mol. The third-order valence-corrected chi connectivity index (χ3v) is 7.53. The van der Waals surface area contributed by atoms with Crippen molar-refractivity contribution in [2.24, 2.45) is 5.10 Å². The number of hydrogen-bond acceptors (Lipinski definition) is 8. The standard InChI is InChI=1S/C21H20N6O4S2/c1-13-6-9-20(32-13)33(30,31)26-21(29)24-18-8-7-16(12-23-18)27-19(28)11-17(25-27)14-4-3-5-15(10-14)22-2/h3-10,12,22H,11H2,1-2H3,(H2,23,24,26,29). The second-order valence-corrected chi connectivity index (χ2v) is 10.3. The molecule has 1 aliphatic heterocycles. The third kappa shape index (κ3) is 5.02. The number of amides is 3. The fourth-order valence-electron chi connectivity index (χ4n) is 3.10. The molecule has 0 saturated heterocycles. The Kier molecular flexibility index (Phi) is 6.11. The minimum Gasteiger partial charge on any atom is -0.388 e. The van der Waals surface area contributed by atoms with Crippen LogP contribution in [0.5, 0.6) is 0 Å². The van der Waals surface area contributed by atoms with E-state index in [-0.39, 0.29) is 22.4 Å². The highest BCUT2D eigenvalue weighted by atomic mass is 32.2. The van der Waals surface area contributed by atoms with Gasteiger partial charge in [0.1, 0.15) is 10.0 Å². The van der Waals surface area contributed by atoms with Crippen LogP contribution in [0.15, 0.2) is 64.0 Å². The fraction of sp³-hybridized carbons (Fsp3) is 0.143. The highest BCUT2D eigenvalue weighted by Gasteiger charge is 2.26. The van der Waals surface area contributed by atoms with Crippen LogP contribution in [0, 0.1) is 6.92 Å².